The van der Waals surface area contributed by atoms with Gasteiger partial charge in [-0.2, -0.15) is 0 Å². The summed E-state index contributed by atoms with van der Waals surface area (Å²) in [6.07, 6.45) is 0.892. The Balaban J connectivity index is 1.40. The van der Waals surface area contributed by atoms with E-state index in [1.165, 1.54) is 5.56 Å². The maximum Gasteiger partial charge on any atom is 0.231 e. The van der Waals surface area contributed by atoms with Gasteiger partial charge < -0.3 is 20.1 Å². The van der Waals surface area contributed by atoms with Crippen LogP contribution in [0.4, 0.5) is 0 Å². The summed E-state index contributed by atoms with van der Waals surface area (Å²) in [5.41, 5.74) is 2.32. The second-order valence-corrected chi connectivity index (χ2v) is 6.02. The van der Waals surface area contributed by atoms with Crippen LogP contribution in [-0.4, -0.2) is 18.5 Å². The van der Waals surface area contributed by atoms with Gasteiger partial charge in [0.2, 0.25) is 6.79 Å². The Kier molecular flexibility index (Phi) is 5.20. The average molecular weight is 349 g/mol. The van der Waals surface area contributed by atoms with Gasteiger partial charge in [-0.1, -0.05) is 29.8 Å². The third-order valence-corrected chi connectivity index (χ3v) is 4.04. The molecule has 0 saturated heterocycles. The molecule has 2 aromatic rings. The highest BCUT2D eigenvalue weighted by atomic mass is 35.5. The molecule has 23 heavy (non-hydrogen) atoms. The third kappa shape index (κ3) is 4.50. The number of hydrogen-bond acceptors (Lipinski definition) is 3. The highest BCUT2D eigenvalue weighted by molar-refractivity contribution is 7.80. The van der Waals surface area contributed by atoms with E-state index < -0.39 is 0 Å². The molecule has 2 N–H and O–H groups in total. The van der Waals surface area contributed by atoms with Crippen LogP contribution in [-0.2, 0) is 13.0 Å². The molecule has 4 nitrogen and oxygen atoms in total. The van der Waals surface area contributed by atoms with Crippen LogP contribution in [0.2, 0.25) is 5.02 Å². The Morgan fingerprint density at radius 1 is 1.00 bits per heavy atom. The fourth-order valence-electron chi connectivity index (χ4n) is 2.27. The Labute approximate surface area is 145 Å². The number of hydrogen-bond donors (Lipinski definition) is 2. The predicted octanol–water partition coefficient (Wildman–Crippen LogP) is 3.28. The number of fused-ring (bicyclic) bond motifs is 1. The molecule has 120 valence electrons. The normalized spacial score (nSPS) is 12.0. The van der Waals surface area contributed by atoms with Crippen LogP contribution in [0.25, 0.3) is 0 Å². The van der Waals surface area contributed by atoms with Crippen LogP contribution in [0.3, 0.4) is 0 Å². The van der Waals surface area contributed by atoms with E-state index >= 15 is 0 Å². The zero-order chi connectivity index (χ0) is 16.1. The van der Waals surface area contributed by atoms with Crippen molar-refractivity contribution in [1.29, 1.82) is 0 Å². The minimum Gasteiger partial charge on any atom is -0.454 e. The first-order valence-corrected chi connectivity index (χ1v) is 8.14. The van der Waals surface area contributed by atoms with Crippen LogP contribution in [0.5, 0.6) is 11.5 Å². The van der Waals surface area contributed by atoms with Gasteiger partial charge in [-0.15, -0.1) is 0 Å². The van der Waals surface area contributed by atoms with E-state index in [2.05, 4.69) is 10.6 Å². The topological polar surface area (TPSA) is 42.5 Å². The molecule has 0 atom stereocenters. The monoisotopic (exact) mass is 348 g/mol. The van der Waals surface area contributed by atoms with Crippen LogP contribution in [0.1, 0.15) is 11.1 Å². The van der Waals surface area contributed by atoms with Gasteiger partial charge in [0.25, 0.3) is 0 Å². The molecule has 0 fully saturated rings. The van der Waals surface area contributed by atoms with Gasteiger partial charge in [-0.25, -0.2) is 0 Å². The Bertz CT molecular complexity index is 691. The van der Waals surface area contributed by atoms with Crippen molar-refractivity contribution >= 4 is 28.9 Å². The van der Waals surface area contributed by atoms with Gasteiger partial charge in [0.1, 0.15) is 0 Å². The molecule has 0 bridgehead atoms. The molecule has 0 saturated carbocycles. The lowest BCUT2D eigenvalue weighted by molar-refractivity contribution is 0.174. The summed E-state index contributed by atoms with van der Waals surface area (Å²) in [6.45, 7) is 1.70. The molecular formula is C17H17ClN2O2S. The molecule has 0 aromatic heterocycles. The second kappa shape index (κ2) is 7.53. The fraction of sp³-hybridized carbons (Fsp3) is 0.235. The zero-order valence-electron chi connectivity index (χ0n) is 12.5. The number of nitrogens with one attached hydrogen (secondary N) is 2. The van der Waals surface area contributed by atoms with Crippen molar-refractivity contribution in [2.45, 2.75) is 13.0 Å². The standard InChI is InChI=1S/C17H17ClN2O2S/c18-14-4-1-12(2-5-14)7-8-19-17(23)20-10-13-3-6-15-16(9-13)22-11-21-15/h1-6,9H,7-8,10-11H2,(H2,19,20,23). The molecule has 0 spiro atoms. The highest BCUT2D eigenvalue weighted by Crippen LogP contribution is 2.32. The van der Waals surface area contributed by atoms with Crippen molar-refractivity contribution in [3.05, 3.63) is 58.6 Å². The van der Waals surface area contributed by atoms with Crippen molar-refractivity contribution in [2.24, 2.45) is 0 Å². The Hall–Kier alpha value is -1.98. The van der Waals surface area contributed by atoms with E-state index in [0.717, 1.165) is 35.1 Å². The first-order valence-electron chi connectivity index (χ1n) is 7.35. The summed E-state index contributed by atoms with van der Waals surface area (Å²) in [5, 5.41) is 7.78. The molecule has 0 unspecified atom stereocenters. The minimum atomic E-state index is 0.289. The van der Waals surface area contributed by atoms with Crippen LogP contribution in [0.15, 0.2) is 42.5 Å². The zero-order valence-corrected chi connectivity index (χ0v) is 14.0. The van der Waals surface area contributed by atoms with Crippen LogP contribution in [0, 0.1) is 0 Å². The van der Waals surface area contributed by atoms with Crippen molar-refractivity contribution in [3.8, 4) is 11.5 Å². The first-order chi connectivity index (χ1) is 11.2. The molecule has 0 aliphatic carbocycles. The van der Waals surface area contributed by atoms with Crippen molar-refractivity contribution in [1.82, 2.24) is 10.6 Å². The smallest absolute Gasteiger partial charge is 0.231 e. The van der Waals surface area contributed by atoms with Crippen molar-refractivity contribution < 1.29 is 9.47 Å². The molecule has 0 amide bonds. The van der Waals surface area contributed by atoms with Crippen molar-refractivity contribution in [2.75, 3.05) is 13.3 Å². The second-order valence-electron chi connectivity index (χ2n) is 5.17. The third-order valence-electron chi connectivity index (χ3n) is 3.50. The summed E-state index contributed by atoms with van der Waals surface area (Å²) in [7, 11) is 0. The van der Waals surface area contributed by atoms with E-state index in [0.29, 0.717) is 11.7 Å². The molecule has 1 heterocycles. The van der Waals surface area contributed by atoms with E-state index in [1.807, 2.05) is 42.5 Å². The summed E-state index contributed by atoms with van der Waals surface area (Å²) >= 11 is 11.2. The molecule has 2 aromatic carbocycles. The van der Waals surface area contributed by atoms with E-state index in [9.17, 15) is 0 Å². The van der Waals surface area contributed by atoms with Gasteiger partial charge in [0.15, 0.2) is 16.6 Å². The summed E-state index contributed by atoms with van der Waals surface area (Å²) in [5.74, 6) is 1.57. The molecule has 1 aliphatic heterocycles. The molecule has 0 radical (unpaired) electrons. The van der Waals surface area contributed by atoms with Gasteiger partial charge in [0, 0.05) is 18.1 Å². The lowest BCUT2D eigenvalue weighted by Gasteiger charge is -2.11. The van der Waals surface area contributed by atoms with Crippen LogP contribution >= 0.6 is 23.8 Å². The highest BCUT2D eigenvalue weighted by Gasteiger charge is 2.12. The molecular weight excluding hydrogens is 332 g/mol. The molecule has 1 aliphatic rings. The van der Waals surface area contributed by atoms with E-state index in [4.69, 9.17) is 33.3 Å². The van der Waals surface area contributed by atoms with E-state index in [-0.39, 0.29) is 6.79 Å². The Morgan fingerprint density at radius 3 is 2.57 bits per heavy atom. The van der Waals surface area contributed by atoms with Crippen LogP contribution < -0.4 is 20.1 Å². The summed E-state index contributed by atoms with van der Waals surface area (Å²) in [6, 6.07) is 13.7. The van der Waals surface area contributed by atoms with E-state index in [1.54, 1.807) is 0 Å². The maximum atomic E-state index is 5.87. The number of halogens is 1. The van der Waals surface area contributed by atoms with Gasteiger partial charge in [-0.05, 0) is 54.0 Å². The number of rotatable bonds is 5. The minimum absolute atomic E-state index is 0.289. The quantitative estimate of drug-likeness (QED) is 0.812. The number of ether oxygens (including phenoxy) is 2. The van der Waals surface area contributed by atoms with Crippen molar-refractivity contribution in [3.63, 3.8) is 0 Å². The predicted molar refractivity (Wildman–Crippen MR) is 95.2 cm³/mol. The summed E-state index contributed by atoms with van der Waals surface area (Å²) in [4.78, 5) is 0. The largest absolute Gasteiger partial charge is 0.454 e. The maximum absolute atomic E-state index is 5.87. The van der Waals surface area contributed by atoms with Gasteiger partial charge in [0.05, 0.1) is 0 Å². The van der Waals surface area contributed by atoms with Gasteiger partial charge in [-0.3, -0.25) is 0 Å². The summed E-state index contributed by atoms with van der Waals surface area (Å²) < 4.78 is 10.7. The SMILES string of the molecule is S=C(NCCc1ccc(Cl)cc1)NCc1ccc2c(c1)OCO2. The Morgan fingerprint density at radius 2 is 1.74 bits per heavy atom. The molecule has 6 heteroatoms. The average Bonchev–Trinajstić information content (AvgIpc) is 3.02. The number of thiocarbonyl (C=S) groups is 1. The number of benzene rings is 2. The lowest BCUT2D eigenvalue weighted by atomic mass is 10.1. The first kappa shape index (κ1) is 15.9. The lowest BCUT2D eigenvalue weighted by Crippen LogP contribution is -2.35. The van der Waals surface area contributed by atoms with Gasteiger partial charge >= 0.3 is 0 Å². The molecule has 3 rings (SSSR count). The fourth-order valence-corrected chi connectivity index (χ4v) is 2.57.